The molecule has 0 aromatic rings. The summed E-state index contributed by atoms with van der Waals surface area (Å²) in [5.41, 5.74) is 0. The van der Waals surface area contributed by atoms with E-state index in [-0.39, 0.29) is 26.1 Å². The summed E-state index contributed by atoms with van der Waals surface area (Å²) in [6.45, 7) is 4.07. The van der Waals surface area contributed by atoms with Crippen LogP contribution in [0.3, 0.4) is 0 Å². The molecule has 2 unspecified atom stereocenters. The van der Waals surface area contributed by atoms with Gasteiger partial charge >= 0.3 is 11.9 Å². The van der Waals surface area contributed by atoms with E-state index in [1.165, 1.54) is 51.4 Å². The molecule has 0 heterocycles. The van der Waals surface area contributed by atoms with Gasteiger partial charge in [-0.1, -0.05) is 212 Å². The van der Waals surface area contributed by atoms with E-state index in [2.05, 4.69) is 135 Å². The second kappa shape index (κ2) is 53.2. The summed E-state index contributed by atoms with van der Waals surface area (Å²) >= 11 is 0. The Morgan fingerprint density at radius 3 is 1.18 bits per heavy atom. The molecule has 9 nitrogen and oxygen atoms in total. The summed E-state index contributed by atoms with van der Waals surface area (Å²) in [5.74, 6) is -0.873. The maximum Gasteiger partial charge on any atom is 0.306 e. The minimum Gasteiger partial charge on any atom is -0.756 e. The molecule has 0 aliphatic heterocycles. The number of allylic oxidation sites excluding steroid dienone is 20. The van der Waals surface area contributed by atoms with E-state index in [0.29, 0.717) is 23.9 Å². The second-order valence-electron chi connectivity index (χ2n) is 19.9. The van der Waals surface area contributed by atoms with Crippen molar-refractivity contribution < 1.29 is 42.1 Å². The van der Waals surface area contributed by atoms with E-state index in [1.54, 1.807) is 0 Å². The Bertz CT molecular complexity index is 1650. The normalized spacial score (nSPS) is 14.2. The Hall–Kier alpha value is -3.59. The van der Waals surface area contributed by atoms with Crippen molar-refractivity contribution in [3.63, 3.8) is 0 Å². The fourth-order valence-corrected chi connectivity index (χ4v) is 8.02. The van der Waals surface area contributed by atoms with Crippen molar-refractivity contribution in [2.75, 3.05) is 47.5 Å². The van der Waals surface area contributed by atoms with Crippen LogP contribution in [0.2, 0.25) is 0 Å². The highest BCUT2D eigenvalue weighted by Gasteiger charge is 2.21. The molecule has 0 amide bonds. The van der Waals surface area contributed by atoms with Gasteiger partial charge < -0.3 is 27.9 Å². The summed E-state index contributed by atoms with van der Waals surface area (Å²) in [6.07, 6.45) is 75.3. The lowest BCUT2D eigenvalue weighted by atomic mass is 10.1. The summed E-state index contributed by atoms with van der Waals surface area (Å²) in [7, 11) is 1.13. The third-order valence-electron chi connectivity index (χ3n) is 11.7. The summed E-state index contributed by atoms with van der Waals surface area (Å²) in [4.78, 5) is 37.8. The first-order chi connectivity index (χ1) is 35.5. The minimum atomic E-state index is -4.65. The zero-order valence-electron chi connectivity index (χ0n) is 47.0. The van der Waals surface area contributed by atoms with Gasteiger partial charge in [0.2, 0.25) is 0 Å². The highest BCUT2D eigenvalue weighted by Crippen LogP contribution is 2.38. The average molecular weight is 1040 g/mol. The molecule has 0 aliphatic carbocycles. The molecule has 0 aliphatic rings. The van der Waals surface area contributed by atoms with Gasteiger partial charge in [0.1, 0.15) is 19.8 Å². The van der Waals surface area contributed by atoms with Gasteiger partial charge in [0.25, 0.3) is 7.82 Å². The largest absolute Gasteiger partial charge is 0.756 e. The third-order valence-corrected chi connectivity index (χ3v) is 12.7. The van der Waals surface area contributed by atoms with Gasteiger partial charge in [0, 0.05) is 12.8 Å². The Labute approximate surface area is 448 Å². The van der Waals surface area contributed by atoms with Crippen LogP contribution in [-0.4, -0.2) is 70.0 Å². The lowest BCUT2D eigenvalue weighted by molar-refractivity contribution is -0.870. The molecule has 0 rings (SSSR count). The van der Waals surface area contributed by atoms with Crippen LogP contribution in [0.25, 0.3) is 0 Å². The quantitative estimate of drug-likeness (QED) is 0.0195. The third kappa shape index (κ3) is 57.5. The fourth-order valence-electron chi connectivity index (χ4n) is 7.29. The molecule has 73 heavy (non-hydrogen) atoms. The molecular weight excluding hydrogens is 930 g/mol. The first kappa shape index (κ1) is 69.4. The fraction of sp³-hybridized carbons (Fsp3) is 0.651. The van der Waals surface area contributed by atoms with Gasteiger partial charge in [0.15, 0.2) is 6.10 Å². The van der Waals surface area contributed by atoms with Crippen molar-refractivity contribution in [1.82, 2.24) is 0 Å². The molecular formula is C63H106NO8P. The number of phosphoric ester groups is 1. The van der Waals surface area contributed by atoms with Crippen LogP contribution >= 0.6 is 7.82 Å². The highest BCUT2D eigenvalue weighted by atomic mass is 31.2. The number of carbonyl (C=O) groups excluding carboxylic acids is 2. The molecule has 10 heteroatoms. The summed E-state index contributed by atoms with van der Waals surface area (Å²) < 4.78 is 34.1. The summed E-state index contributed by atoms with van der Waals surface area (Å²) in [5, 5.41) is 0. The maximum absolute atomic E-state index is 12.8. The van der Waals surface area contributed by atoms with Gasteiger partial charge in [-0.2, -0.15) is 0 Å². The van der Waals surface area contributed by atoms with Gasteiger partial charge in [-0.25, -0.2) is 0 Å². The molecule has 0 saturated carbocycles. The molecule has 0 fully saturated rings. The molecule has 0 bridgehead atoms. The van der Waals surface area contributed by atoms with E-state index >= 15 is 0 Å². The van der Waals surface area contributed by atoms with E-state index in [9.17, 15) is 19.0 Å². The molecule has 0 aromatic carbocycles. The van der Waals surface area contributed by atoms with Crippen LogP contribution in [0, 0.1) is 0 Å². The number of unbranched alkanes of at least 4 members (excludes halogenated alkanes) is 17. The van der Waals surface area contributed by atoms with Crippen molar-refractivity contribution in [3.05, 3.63) is 122 Å². The van der Waals surface area contributed by atoms with Crippen molar-refractivity contribution >= 4 is 19.8 Å². The number of likely N-dealkylation sites (N-methyl/N-ethyl adjacent to an activating group) is 1. The van der Waals surface area contributed by atoms with Crippen LogP contribution in [0.4, 0.5) is 0 Å². The SMILES string of the molecule is CC/C=C\C/C=C\C/C=C\C/C=C\C/C=C\C/C=C\C/C=C\C/C=C\C/C=C\CCCCCCCC(=O)OC(COC(=O)CCCCCCC/C=C\CCCCCCCCC)COP(=O)([O-])OCC[N+](C)(C)C. The van der Waals surface area contributed by atoms with Crippen molar-refractivity contribution in [2.24, 2.45) is 0 Å². The predicted molar refractivity (Wildman–Crippen MR) is 309 cm³/mol. The molecule has 0 N–H and O–H groups in total. The zero-order chi connectivity index (χ0) is 53.5. The number of hydrogen-bond donors (Lipinski definition) is 0. The van der Waals surface area contributed by atoms with E-state index < -0.39 is 32.5 Å². The monoisotopic (exact) mass is 1040 g/mol. The number of phosphoric acid groups is 1. The number of rotatable bonds is 51. The zero-order valence-corrected chi connectivity index (χ0v) is 47.9. The van der Waals surface area contributed by atoms with Gasteiger partial charge in [-0.05, 0) is 109 Å². The van der Waals surface area contributed by atoms with Crippen molar-refractivity contribution in [3.8, 4) is 0 Å². The number of esters is 2. The lowest BCUT2D eigenvalue weighted by Gasteiger charge is -2.28. The van der Waals surface area contributed by atoms with Gasteiger partial charge in [0.05, 0.1) is 27.7 Å². The van der Waals surface area contributed by atoms with Crippen LogP contribution in [0.15, 0.2) is 122 Å². The van der Waals surface area contributed by atoms with Crippen LogP contribution in [-0.2, 0) is 32.7 Å². The topological polar surface area (TPSA) is 111 Å². The number of hydrogen-bond acceptors (Lipinski definition) is 8. The predicted octanol–water partition coefficient (Wildman–Crippen LogP) is 17.3. The standard InChI is InChI=1S/C63H106NO8P/c1-6-8-10-12-14-16-18-20-22-24-25-26-27-28-29-30-31-32-33-34-35-36-37-38-39-40-42-44-46-48-50-52-54-56-63(66)72-61(60-71-73(67,68)70-58-57-64(3,4)5)59-69-62(65)55-53-51-49-47-45-43-41-23-21-19-17-15-13-11-9-7-2/h8,10,14,16,20,22-23,25-26,28-29,31-32,34-35,37-38,40-42,61H,6-7,9,11-13,15,17-19,21,24,27,30,33,36,39,43-60H2,1-5H3/b10-8-,16-14-,22-20-,26-25-,29-28-,32-31-,35-34-,38-37-,41-23-,42-40-. The van der Waals surface area contributed by atoms with Crippen LogP contribution < -0.4 is 4.89 Å². The van der Waals surface area contributed by atoms with Crippen LogP contribution in [0.5, 0.6) is 0 Å². The molecule has 0 saturated heterocycles. The smallest absolute Gasteiger partial charge is 0.306 e. The molecule has 0 aromatic heterocycles. The maximum atomic E-state index is 12.8. The van der Waals surface area contributed by atoms with Crippen LogP contribution in [0.1, 0.15) is 213 Å². The number of nitrogens with zero attached hydrogens (tertiary/aromatic N) is 1. The van der Waals surface area contributed by atoms with E-state index in [0.717, 1.165) is 122 Å². The molecule has 416 valence electrons. The lowest BCUT2D eigenvalue weighted by Crippen LogP contribution is -2.37. The summed E-state index contributed by atoms with van der Waals surface area (Å²) in [6, 6.07) is 0. The Morgan fingerprint density at radius 2 is 0.781 bits per heavy atom. The Balaban J connectivity index is 4.25. The first-order valence-electron chi connectivity index (χ1n) is 28.7. The highest BCUT2D eigenvalue weighted by molar-refractivity contribution is 7.45. The second-order valence-corrected chi connectivity index (χ2v) is 21.3. The van der Waals surface area contributed by atoms with Gasteiger partial charge in [-0.15, -0.1) is 0 Å². The van der Waals surface area contributed by atoms with E-state index in [4.69, 9.17) is 18.5 Å². The number of quaternary nitrogens is 1. The van der Waals surface area contributed by atoms with Crippen molar-refractivity contribution in [2.45, 2.75) is 219 Å². The molecule has 0 radical (unpaired) electrons. The van der Waals surface area contributed by atoms with E-state index in [1.807, 2.05) is 21.1 Å². The Morgan fingerprint density at radius 1 is 0.438 bits per heavy atom. The molecule has 2 atom stereocenters. The van der Waals surface area contributed by atoms with Crippen molar-refractivity contribution in [1.29, 1.82) is 0 Å². The first-order valence-corrected chi connectivity index (χ1v) is 30.2. The van der Waals surface area contributed by atoms with Gasteiger partial charge in [-0.3, -0.25) is 14.2 Å². The number of ether oxygens (including phenoxy) is 2. The number of carbonyl (C=O) groups is 2. The minimum absolute atomic E-state index is 0.0426. The average Bonchev–Trinajstić information content (AvgIpc) is 3.35. The Kier molecular flexibility index (Phi) is 50.6. The molecule has 0 spiro atoms.